The van der Waals surface area contributed by atoms with Crippen LogP contribution in [-0.2, 0) is 4.79 Å². The summed E-state index contributed by atoms with van der Waals surface area (Å²) in [6.45, 7) is 1.23. The average molecular weight is 343 g/mol. The van der Waals surface area contributed by atoms with E-state index < -0.39 is 0 Å². The third-order valence-electron chi connectivity index (χ3n) is 4.01. The largest absolute Gasteiger partial charge is 0.492 e. The van der Waals surface area contributed by atoms with Gasteiger partial charge in [-0.05, 0) is 18.2 Å². The van der Waals surface area contributed by atoms with Crippen molar-refractivity contribution >= 4 is 17.7 Å². The average Bonchev–Trinajstić information content (AvgIpc) is 3.23. The molecular weight excluding hydrogens is 326 g/mol. The molecule has 0 N–H and O–H groups in total. The third kappa shape index (κ3) is 2.89. The normalized spacial score (nSPS) is 18.9. The van der Waals surface area contributed by atoms with Crippen LogP contribution >= 0.6 is 11.8 Å². The molecule has 0 radical (unpaired) electrons. The highest BCUT2D eigenvalue weighted by atomic mass is 32.2. The van der Waals surface area contributed by atoms with Crippen LogP contribution in [0.5, 0.6) is 17.2 Å². The van der Waals surface area contributed by atoms with E-state index >= 15 is 0 Å². The fraction of sp³-hybridized carbons (Fsp3) is 0.278. The topological polar surface area (TPSA) is 48.0 Å². The fourth-order valence-electron chi connectivity index (χ4n) is 2.88. The smallest absolute Gasteiger partial charge is 0.233 e. The zero-order chi connectivity index (χ0) is 16.4. The van der Waals surface area contributed by atoms with Crippen LogP contribution in [0, 0.1) is 0 Å². The minimum absolute atomic E-state index is 0.0616. The van der Waals surface area contributed by atoms with Gasteiger partial charge in [0.25, 0.3) is 0 Å². The Kier molecular flexibility index (Phi) is 4.21. The van der Waals surface area contributed by atoms with Gasteiger partial charge >= 0.3 is 0 Å². The van der Waals surface area contributed by atoms with E-state index in [1.165, 1.54) is 0 Å². The Labute approximate surface area is 144 Å². The lowest BCUT2D eigenvalue weighted by Gasteiger charge is -2.25. The summed E-state index contributed by atoms with van der Waals surface area (Å²) in [5.41, 5.74) is 0.987. The Hall–Kier alpha value is -2.34. The first kappa shape index (κ1) is 15.2. The van der Waals surface area contributed by atoms with Gasteiger partial charge in [-0.15, -0.1) is 11.8 Å². The van der Waals surface area contributed by atoms with E-state index in [9.17, 15) is 4.79 Å². The molecule has 2 aromatic rings. The van der Waals surface area contributed by atoms with E-state index in [-0.39, 0.29) is 18.1 Å². The molecule has 0 aromatic heterocycles. The first-order chi connectivity index (χ1) is 11.8. The molecule has 1 saturated heterocycles. The molecule has 1 atom stereocenters. The van der Waals surface area contributed by atoms with Gasteiger partial charge in [-0.25, -0.2) is 0 Å². The van der Waals surface area contributed by atoms with Crippen LogP contribution in [0.2, 0.25) is 0 Å². The highest BCUT2D eigenvalue weighted by Crippen LogP contribution is 2.46. The molecule has 2 heterocycles. The predicted octanol–water partition coefficient (Wildman–Crippen LogP) is 3.07. The van der Waals surface area contributed by atoms with Gasteiger partial charge in [-0.1, -0.05) is 30.3 Å². The zero-order valence-electron chi connectivity index (χ0n) is 13.0. The van der Waals surface area contributed by atoms with Gasteiger partial charge in [0.1, 0.15) is 17.7 Å². The second kappa shape index (κ2) is 6.65. The maximum atomic E-state index is 12.3. The van der Waals surface area contributed by atoms with Crippen molar-refractivity contribution in [1.82, 2.24) is 4.90 Å². The number of carbonyl (C=O) groups excluding carboxylic acids is 1. The molecule has 0 spiro atoms. The maximum Gasteiger partial charge on any atom is 0.233 e. The Bertz CT molecular complexity index is 737. The van der Waals surface area contributed by atoms with Crippen LogP contribution in [0.15, 0.2) is 48.5 Å². The Balaban J connectivity index is 1.47. The highest BCUT2D eigenvalue weighted by Gasteiger charge is 2.36. The first-order valence-corrected chi connectivity index (χ1v) is 8.85. The number of carbonyl (C=O) groups is 1. The molecule has 5 nitrogen and oxygen atoms in total. The molecule has 2 aliphatic rings. The number of hydrogen-bond acceptors (Lipinski definition) is 5. The van der Waals surface area contributed by atoms with Crippen LogP contribution in [0.1, 0.15) is 10.9 Å². The number of hydrogen-bond donors (Lipinski definition) is 0. The summed E-state index contributed by atoms with van der Waals surface area (Å²) in [6, 6.07) is 15.4. The van der Waals surface area contributed by atoms with Crippen LogP contribution in [0.4, 0.5) is 0 Å². The van der Waals surface area contributed by atoms with Crippen molar-refractivity contribution in [3.05, 3.63) is 54.1 Å². The predicted molar refractivity (Wildman–Crippen MR) is 91.4 cm³/mol. The maximum absolute atomic E-state index is 12.3. The van der Waals surface area contributed by atoms with E-state index in [2.05, 4.69) is 0 Å². The van der Waals surface area contributed by atoms with Gasteiger partial charge < -0.3 is 19.1 Å². The van der Waals surface area contributed by atoms with Crippen LogP contribution in [0.3, 0.4) is 0 Å². The summed E-state index contributed by atoms with van der Waals surface area (Å²) < 4.78 is 16.8. The van der Waals surface area contributed by atoms with E-state index in [4.69, 9.17) is 14.2 Å². The summed E-state index contributed by atoms with van der Waals surface area (Å²) >= 11 is 1.61. The van der Waals surface area contributed by atoms with Gasteiger partial charge in [0, 0.05) is 5.56 Å². The number of benzene rings is 2. The van der Waals surface area contributed by atoms with Gasteiger partial charge in [-0.3, -0.25) is 4.79 Å². The number of fused-ring (bicyclic) bond motifs is 1. The monoisotopic (exact) mass is 343 g/mol. The molecule has 124 valence electrons. The van der Waals surface area contributed by atoms with Gasteiger partial charge in [0.2, 0.25) is 12.7 Å². The molecule has 24 heavy (non-hydrogen) atoms. The number of rotatable bonds is 5. The van der Waals surface area contributed by atoms with Crippen molar-refractivity contribution in [2.24, 2.45) is 0 Å². The molecule has 2 aliphatic heterocycles. The fourth-order valence-corrected chi connectivity index (χ4v) is 4.11. The second-order valence-corrected chi connectivity index (χ2v) is 6.56. The number of nitrogens with zero attached hydrogens (tertiary/aromatic N) is 1. The Morgan fingerprint density at radius 1 is 1.12 bits per heavy atom. The summed E-state index contributed by atoms with van der Waals surface area (Å²) in [5, 5.41) is -0.0616. The standard InChI is InChI=1S/C18H17NO4S/c20-16-11-24-18(14-7-4-8-15-17(14)23-12-22-15)19(16)9-10-21-13-5-2-1-3-6-13/h1-8,18H,9-12H2. The second-order valence-electron chi connectivity index (χ2n) is 5.49. The number of amides is 1. The van der Waals surface area contributed by atoms with E-state index in [1.807, 2.05) is 53.4 Å². The molecule has 4 rings (SSSR count). The van der Waals surface area contributed by atoms with Crippen LogP contribution in [0.25, 0.3) is 0 Å². The molecule has 1 fully saturated rings. The van der Waals surface area contributed by atoms with Crippen molar-refractivity contribution in [3.8, 4) is 17.2 Å². The molecule has 2 aromatic carbocycles. The van der Waals surface area contributed by atoms with Gasteiger partial charge in [0.15, 0.2) is 11.5 Å². The minimum atomic E-state index is -0.0616. The quantitative estimate of drug-likeness (QED) is 0.835. The summed E-state index contributed by atoms with van der Waals surface area (Å²) in [4.78, 5) is 14.1. The highest BCUT2D eigenvalue weighted by molar-refractivity contribution is 8.00. The van der Waals surface area contributed by atoms with Crippen molar-refractivity contribution in [3.63, 3.8) is 0 Å². The van der Waals surface area contributed by atoms with Crippen LogP contribution in [-0.4, -0.2) is 36.5 Å². The Morgan fingerprint density at radius 3 is 2.88 bits per heavy atom. The van der Waals surface area contributed by atoms with Crippen LogP contribution < -0.4 is 14.2 Å². The Morgan fingerprint density at radius 2 is 2.00 bits per heavy atom. The molecule has 0 bridgehead atoms. The van der Waals surface area contributed by atoms with E-state index in [0.29, 0.717) is 18.9 Å². The van der Waals surface area contributed by atoms with Crippen molar-refractivity contribution in [2.45, 2.75) is 5.37 Å². The van der Waals surface area contributed by atoms with E-state index in [1.54, 1.807) is 11.8 Å². The lowest BCUT2D eigenvalue weighted by molar-refractivity contribution is -0.128. The molecule has 0 saturated carbocycles. The lowest BCUT2D eigenvalue weighted by atomic mass is 10.1. The SMILES string of the molecule is O=C1CSC(c2cccc3c2OCO3)N1CCOc1ccccc1. The van der Waals surface area contributed by atoms with Crippen molar-refractivity contribution < 1.29 is 19.0 Å². The number of ether oxygens (including phenoxy) is 3. The minimum Gasteiger partial charge on any atom is -0.492 e. The number of thioether (sulfide) groups is 1. The first-order valence-electron chi connectivity index (χ1n) is 7.80. The molecular formula is C18H17NO4S. The third-order valence-corrected chi connectivity index (χ3v) is 5.24. The number of para-hydroxylation sites is 2. The van der Waals surface area contributed by atoms with Gasteiger partial charge in [0.05, 0.1) is 12.3 Å². The molecule has 0 aliphatic carbocycles. The molecule has 6 heteroatoms. The van der Waals surface area contributed by atoms with E-state index in [0.717, 1.165) is 22.8 Å². The van der Waals surface area contributed by atoms with Crippen molar-refractivity contribution in [1.29, 1.82) is 0 Å². The summed E-state index contributed by atoms with van der Waals surface area (Å²) in [7, 11) is 0. The molecule has 1 amide bonds. The van der Waals surface area contributed by atoms with Gasteiger partial charge in [-0.2, -0.15) is 0 Å². The summed E-state index contributed by atoms with van der Waals surface area (Å²) in [5.74, 6) is 2.90. The summed E-state index contributed by atoms with van der Waals surface area (Å²) in [6.07, 6.45) is 0. The molecule has 1 unspecified atom stereocenters. The lowest BCUT2D eigenvalue weighted by Crippen LogP contribution is -2.32. The zero-order valence-corrected chi connectivity index (χ0v) is 13.8. The van der Waals surface area contributed by atoms with Crippen molar-refractivity contribution in [2.75, 3.05) is 25.7 Å².